The first-order valence-corrected chi connectivity index (χ1v) is 29.4. The van der Waals surface area contributed by atoms with Crippen LogP contribution in [0.2, 0.25) is 0 Å². The number of rotatable bonds is 38. The number of unbranched alkanes of at least 4 members (excludes halogenated alkanes) is 8. The minimum absolute atomic E-state index is 0.0627. The zero-order valence-electron chi connectivity index (χ0n) is 49.8. The summed E-state index contributed by atoms with van der Waals surface area (Å²) in [6.45, 7) is 8.06. The first kappa shape index (κ1) is 72.1. The van der Waals surface area contributed by atoms with Crippen LogP contribution in [0.15, 0.2) is 23.3 Å². The van der Waals surface area contributed by atoms with E-state index in [1.54, 1.807) is 26.0 Å². The molecule has 0 heterocycles. The summed E-state index contributed by atoms with van der Waals surface area (Å²) in [5.41, 5.74) is 0.554. The van der Waals surface area contributed by atoms with E-state index in [0.29, 0.717) is 18.4 Å². The van der Waals surface area contributed by atoms with Gasteiger partial charge in [-0.05, 0) is 56.6 Å². The molecular formula is C58H86N6O23. The summed E-state index contributed by atoms with van der Waals surface area (Å²) in [6, 6.07) is -8.13. The molecular weight excluding hydrogens is 1150 g/mol. The molecule has 2 fully saturated rings. The van der Waals surface area contributed by atoms with Gasteiger partial charge >= 0.3 is 41.8 Å². The van der Waals surface area contributed by atoms with E-state index in [1.807, 2.05) is 13.8 Å². The van der Waals surface area contributed by atoms with Crippen molar-refractivity contribution in [2.24, 2.45) is 34.8 Å². The predicted octanol–water partition coefficient (Wildman–Crippen LogP) is 0.269. The largest absolute Gasteiger partial charge is 0.481 e. The molecule has 0 spiro atoms. The summed E-state index contributed by atoms with van der Waals surface area (Å²) in [6.07, 6.45) is 4.03. The number of ketones is 1. The number of fused-ring (bicyclic) bond motifs is 5. The Morgan fingerprint density at radius 1 is 0.644 bits per heavy atom. The number of hydrogen-bond acceptors (Lipinski definition) is 19. The molecule has 29 heteroatoms. The predicted molar refractivity (Wildman–Crippen MR) is 301 cm³/mol. The van der Waals surface area contributed by atoms with Crippen molar-refractivity contribution in [1.29, 1.82) is 0 Å². The molecule has 0 aromatic heterocycles. The highest BCUT2D eigenvalue weighted by Gasteiger charge is 2.88. The molecule has 0 saturated heterocycles. The lowest BCUT2D eigenvalue weighted by Gasteiger charge is -2.53. The number of nitrogens with two attached hydrogens (primary N) is 1. The average molecular weight is 1240 g/mol. The standard InChI is InChI=1S/C58H86N6O23/c1-30-25-40-56(84,48(30)74)28-33(29-65)26-34-47-55(4,5)58(47,87-32(3)66)49(31(2)57(34,40)85)86-46(73)15-13-11-9-7-6-8-10-12-14-24-60-44(70)27-35(59)50(75)64-39(54(82)83)18-22-43(69)62-37(52(78)79)16-20-41(67)61-36(51(76)77)17-21-42(68)63-38(53(80)81)19-23-45(71)72/h25-26,31,34-40,47,49,65,84-85H,6-24,27-29,59H2,1-5H3,(H,60,70)(H,61,67)(H,62,69)(H,63,68)(H,64,75)(H,71,72)(H,76,77)(H,78,79)(H,80,81)(H,82,83)/t31-,34+,35+,36+,37+,38+,39+,40-,47-,49-,56-,57-,58-/m1/s1. The Morgan fingerprint density at radius 2 is 1.09 bits per heavy atom. The number of carbonyl (C=O) groups is 13. The van der Waals surface area contributed by atoms with Crippen LogP contribution in [0.25, 0.3) is 0 Å². The zero-order valence-corrected chi connectivity index (χ0v) is 49.8. The third-order valence-corrected chi connectivity index (χ3v) is 17.3. The van der Waals surface area contributed by atoms with Crippen LogP contribution < -0.4 is 32.3 Å². The van der Waals surface area contributed by atoms with Crippen molar-refractivity contribution in [2.75, 3.05) is 13.2 Å². The molecule has 15 N–H and O–H groups in total. The lowest BCUT2D eigenvalue weighted by Crippen LogP contribution is -2.66. The van der Waals surface area contributed by atoms with E-state index in [0.717, 1.165) is 44.9 Å². The van der Waals surface area contributed by atoms with Crippen LogP contribution in [0, 0.1) is 29.1 Å². The van der Waals surface area contributed by atoms with Gasteiger partial charge in [-0.2, -0.15) is 0 Å². The van der Waals surface area contributed by atoms with Gasteiger partial charge in [0.15, 0.2) is 11.4 Å². The number of amides is 5. The van der Waals surface area contributed by atoms with Gasteiger partial charge in [0.25, 0.3) is 0 Å². The molecule has 0 aromatic carbocycles. The minimum atomic E-state index is -2.03. The SMILES string of the molecule is CC(=O)O[C@@]12[C@H](OC(=O)CCCCCCCCCCCNC(=O)C[C@H](N)C(=O)N[C@@H](CCC(=O)N[C@@H](CCC(=O)N[C@@H](CCC(=O)N[C@@H](CCC(=O)O)C(=O)O)C(=O)O)C(=O)O)C(=O)O)[C@@H](C)[C@@]3(O)[C@@H](C=C(CO)C[C@]4(O)C(=O)C(C)=C[C@@H]34)[C@@H]1C2(C)C. The summed E-state index contributed by atoms with van der Waals surface area (Å²) in [7, 11) is 0. The topological polar surface area (TPSA) is 488 Å². The first-order chi connectivity index (χ1) is 40.7. The number of carboxylic acid groups (broad SMARTS) is 5. The number of aliphatic hydroxyl groups excluding tert-OH is 1. The maximum absolute atomic E-state index is 13.6. The van der Waals surface area contributed by atoms with Crippen molar-refractivity contribution in [3.63, 3.8) is 0 Å². The maximum Gasteiger partial charge on any atom is 0.326 e. The number of Topliss-reactive ketones (excluding diaryl/α,β-unsaturated/α-hetero) is 1. The van der Waals surface area contributed by atoms with Crippen LogP contribution in [0.1, 0.15) is 163 Å². The van der Waals surface area contributed by atoms with Gasteiger partial charge in [-0.25, -0.2) is 19.2 Å². The van der Waals surface area contributed by atoms with Gasteiger partial charge in [-0.15, -0.1) is 0 Å². The second-order valence-electron chi connectivity index (χ2n) is 23.9. The van der Waals surface area contributed by atoms with Crippen LogP contribution >= 0.6 is 0 Å². The fraction of sp³-hybridized carbons (Fsp3) is 0.707. The molecule has 0 unspecified atom stereocenters. The lowest BCUT2D eigenvalue weighted by atomic mass is 9.59. The van der Waals surface area contributed by atoms with Crippen LogP contribution in [0.4, 0.5) is 0 Å². The van der Waals surface area contributed by atoms with Crippen molar-refractivity contribution >= 4 is 77.1 Å². The first-order valence-electron chi connectivity index (χ1n) is 29.4. The number of esters is 2. The zero-order chi connectivity index (χ0) is 65.4. The smallest absolute Gasteiger partial charge is 0.326 e. The summed E-state index contributed by atoms with van der Waals surface area (Å²) < 4.78 is 12.3. The summed E-state index contributed by atoms with van der Waals surface area (Å²) in [4.78, 5) is 160. The van der Waals surface area contributed by atoms with Crippen LogP contribution in [-0.2, 0) is 71.8 Å². The number of ether oxygens (including phenoxy) is 2. The molecule has 4 aliphatic rings. The van der Waals surface area contributed by atoms with Gasteiger partial charge in [0, 0.05) is 81.1 Å². The van der Waals surface area contributed by atoms with Crippen molar-refractivity contribution in [2.45, 2.75) is 216 Å². The van der Waals surface area contributed by atoms with Gasteiger partial charge in [-0.1, -0.05) is 77.9 Å². The van der Waals surface area contributed by atoms with E-state index in [1.165, 1.54) is 6.92 Å². The number of aliphatic carboxylic acids is 5. The molecule has 486 valence electrons. The van der Waals surface area contributed by atoms with E-state index >= 15 is 0 Å². The van der Waals surface area contributed by atoms with Crippen molar-refractivity contribution in [3.8, 4) is 0 Å². The molecule has 29 nitrogen and oxygen atoms in total. The van der Waals surface area contributed by atoms with Crippen LogP contribution in [0.3, 0.4) is 0 Å². The quantitative estimate of drug-likeness (QED) is 0.0224. The number of hydrogen-bond donors (Lipinski definition) is 14. The van der Waals surface area contributed by atoms with E-state index < -0.39 is 224 Å². The molecule has 4 aliphatic carbocycles. The Bertz CT molecular complexity index is 2680. The van der Waals surface area contributed by atoms with Gasteiger partial charge < -0.3 is 82.6 Å². The highest BCUT2D eigenvalue weighted by Crippen LogP contribution is 2.77. The fourth-order valence-electron chi connectivity index (χ4n) is 12.7. The molecule has 4 rings (SSSR count). The average Bonchev–Trinajstić information content (AvgIpc) is 1.47. The normalized spacial score (nSPS) is 25.7. The summed E-state index contributed by atoms with van der Waals surface area (Å²) >= 11 is 0. The molecule has 87 heavy (non-hydrogen) atoms. The third kappa shape index (κ3) is 18.3. The van der Waals surface area contributed by atoms with E-state index in [-0.39, 0.29) is 25.0 Å². The van der Waals surface area contributed by atoms with E-state index in [4.69, 9.17) is 20.3 Å². The van der Waals surface area contributed by atoms with Gasteiger partial charge in [-0.3, -0.25) is 43.2 Å². The molecule has 2 saturated carbocycles. The Hall–Kier alpha value is -7.37. The number of aliphatic hydroxyl groups is 3. The fourth-order valence-corrected chi connectivity index (χ4v) is 12.7. The molecule has 0 aromatic rings. The van der Waals surface area contributed by atoms with E-state index in [9.17, 15) is 98.1 Å². The third-order valence-electron chi connectivity index (χ3n) is 17.3. The Balaban J connectivity index is 1.10. The van der Waals surface area contributed by atoms with Crippen LogP contribution in [-0.4, -0.2) is 184 Å². The molecule has 0 aliphatic heterocycles. The molecule has 13 atom stereocenters. The van der Waals surface area contributed by atoms with Crippen molar-refractivity contribution in [3.05, 3.63) is 23.3 Å². The summed E-state index contributed by atoms with van der Waals surface area (Å²) in [5, 5.41) is 93.0. The molecule has 5 amide bonds. The van der Waals surface area contributed by atoms with Gasteiger partial charge in [0.1, 0.15) is 35.9 Å². The van der Waals surface area contributed by atoms with Gasteiger partial charge in [0.2, 0.25) is 29.5 Å². The highest BCUT2D eigenvalue weighted by molar-refractivity contribution is 6.05. The number of carboxylic acids is 5. The second-order valence-corrected chi connectivity index (χ2v) is 23.9. The monoisotopic (exact) mass is 1230 g/mol. The number of carbonyl (C=O) groups excluding carboxylic acids is 8. The van der Waals surface area contributed by atoms with Gasteiger partial charge in [0.05, 0.1) is 24.7 Å². The Morgan fingerprint density at radius 3 is 1.54 bits per heavy atom. The molecule has 0 radical (unpaired) electrons. The second kappa shape index (κ2) is 31.5. The molecule has 0 bridgehead atoms. The van der Waals surface area contributed by atoms with Crippen molar-refractivity contribution < 1.29 is 113 Å². The Labute approximate surface area is 502 Å². The van der Waals surface area contributed by atoms with E-state index in [2.05, 4.69) is 26.6 Å². The lowest BCUT2D eigenvalue weighted by molar-refractivity contribution is -0.228. The minimum Gasteiger partial charge on any atom is -0.481 e. The maximum atomic E-state index is 13.6. The highest BCUT2D eigenvalue weighted by atomic mass is 16.6. The Kier molecular flexibility index (Phi) is 26.1. The van der Waals surface area contributed by atoms with Crippen molar-refractivity contribution in [1.82, 2.24) is 26.6 Å². The summed E-state index contributed by atoms with van der Waals surface area (Å²) in [5.74, 6) is -17.2. The number of nitrogens with one attached hydrogen (secondary N) is 5. The van der Waals surface area contributed by atoms with Crippen LogP contribution in [0.5, 0.6) is 0 Å².